The van der Waals surface area contributed by atoms with Gasteiger partial charge in [0.1, 0.15) is 23.4 Å². The standard InChI is InChI=1S/C33H40FN3O5/c1-2-40-21-20-36-16-18-37(19-17-36)23-33(39)35-31(25-41-24-27-6-4-3-5-7-27)32(38)22-26-8-12-29(13-9-26)42-30-14-10-28(34)11-15-30/h3-15,31H,2,16-25H2,1H3,(H,35,39)/t31-/m0/s1. The molecular formula is C33H40FN3O5. The van der Waals surface area contributed by atoms with Crippen molar-refractivity contribution in [3.63, 3.8) is 0 Å². The highest BCUT2D eigenvalue weighted by Crippen LogP contribution is 2.22. The number of amides is 1. The van der Waals surface area contributed by atoms with E-state index in [9.17, 15) is 14.0 Å². The Morgan fingerprint density at radius 1 is 0.833 bits per heavy atom. The number of nitrogens with zero attached hydrogens (tertiary/aromatic N) is 2. The third-order valence-electron chi connectivity index (χ3n) is 7.06. The van der Waals surface area contributed by atoms with Gasteiger partial charge < -0.3 is 19.5 Å². The summed E-state index contributed by atoms with van der Waals surface area (Å²) in [4.78, 5) is 30.8. The Morgan fingerprint density at radius 3 is 2.14 bits per heavy atom. The molecule has 0 bridgehead atoms. The lowest BCUT2D eigenvalue weighted by Gasteiger charge is -2.34. The fourth-order valence-electron chi connectivity index (χ4n) is 4.67. The fraction of sp³-hybridized carbons (Fsp3) is 0.394. The third-order valence-corrected chi connectivity index (χ3v) is 7.06. The van der Waals surface area contributed by atoms with E-state index in [4.69, 9.17) is 14.2 Å². The molecule has 4 rings (SSSR count). The van der Waals surface area contributed by atoms with Crippen molar-refractivity contribution in [2.24, 2.45) is 0 Å². The lowest BCUT2D eigenvalue weighted by molar-refractivity contribution is -0.130. The van der Waals surface area contributed by atoms with Crippen LogP contribution in [0.15, 0.2) is 78.9 Å². The first-order valence-corrected chi connectivity index (χ1v) is 14.5. The summed E-state index contributed by atoms with van der Waals surface area (Å²) < 4.78 is 30.2. The van der Waals surface area contributed by atoms with Crippen molar-refractivity contribution in [1.29, 1.82) is 0 Å². The molecule has 8 nitrogen and oxygen atoms in total. The van der Waals surface area contributed by atoms with Gasteiger partial charge in [0.05, 0.1) is 26.4 Å². The lowest BCUT2D eigenvalue weighted by atomic mass is 10.0. The lowest BCUT2D eigenvalue weighted by Crippen LogP contribution is -2.52. The number of piperazine rings is 1. The molecule has 1 fully saturated rings. The van der Waals surface area contributed by atoms with Crippen molar-refractivity contribution in [2.45, 2.75) is 26.0 Å². The van der Waals surface area contributed by atoms with E-state index in [1.165, 1.54) is 12.1 Å². The molecule has 1 saturated heterocycles. The van der Waals surface area contributed by atoms with Crippen LogP contribution < -0.4 is 10.1 Å². The van der Waals surface area contributed by atoms with Gasteiger partial charge in [-0.3, -0.25) is 19.4 Å². The summed E-state index contributed by atoms with van der Waals surface area (Å²) in [5.74, 6) is 0.436. The smallest absolute Gasteiger partial charge is 0.234 e. The summed E-state index contributed by atoms with van der Waals surface area (Å²) in [5, 5.41) is 2.93. The van der Waals surface area contributed by atoms with Crippen LogP contribution >= 0.6 is 0 Å². The van der Waals surface area contributed by atoms with Crippen molar-refractivity contribution >= 4 is 11.7 Å². The molecule has 1 amide bonds. The normalized spacial score (nSPS) is 14.8. The highest BCUT2D eigenvalue weighted by atomic mass is 19.1. The van der Waals surface area contributed by atoms with E-state index in [1.807, 2.05) is 49.4 Å². The fourth-order valence-corrected chi connectivity index (χ4v) is 4.67. The molecule has 0 aliphatic carbocycles. The zero-order chi connectivity index (χ0) is 29.6. The number of benzene rings is 3. The molecule has 0 unspecified atom stereocenters. The van der Waals surface area contributed by atoms with Crippen LogP contribution in [0, 0.1) is 5.82 Å². The number of ether oxygens (including phenoxy) is 3. The zero-order valence-electron chi connectivity index (χ0n) is 24.2. The van der Waals surface area contributed by atoms with Crippen LogP contribution in [0.25, 0.3) is 0 Å². The first-order chi connectivity index (χ1) is 20.5. The molecule has 1 aliphatic heterocycles. The van der Waals surface area contributed by atoms with Gasteiger partial charge >= 0.3 is 0 Å². The van der Waals surface area contributed by atoms with Crippen LogP contribution in [0.2, 0.25) is 0 Å². The van der Waals surface area contributed by atoms with Crippen molar-refractivity contribution in [2.75, 3.05) is 59.1 Å². The number of halogens is 1. The van der Waals surface area contributed by atoms with Gasteiger partial charge in [0.2, 0.25) is 5.91 Å². The van der Waals surface area contributed by atoms with Crippen molar-refractivity contribution < 1.29 is 28.2 Å². The number of rotatable bonds is 16. The second kappa shape index (κ2) is 16.7. The maximum Gasteiger partial charge on any atom is 0.234 e. The maximum absolute atomic E-state index is 13.4. The van der Waals surface area contributed by atoms with Crippen LogP contribution in [0.1, 0.15) is 18.1 Å². The number of ketones is 1. The van der Waals surface area contributed by atoms with Gasteiger partial charge in [-0.2, -0.15) is 0 Å². The van der Waals surface area contributed by atoms with Gasteiger partial charge in [-0.15, -0.1) is 0 Å². The Labute approximate surface area is 247 Å². The Hall–Kier alpha value is -3.63. The Bertz CT molecular complexity index is 1230. The number of carbonyl (C=O) groups excluding carboxylic acids is 2. The summed E-state index contributed by atoms with van der Waals surface area (Å²) in [6.45, 7) is 8.30. The molecule has 1 heterocycles. The molecular weight excluding hydrogens is 537 g/mol. The van der Waals surface area contributed by atoms with E-state index in [1.54, 1.807) is 24.3 Å². The minimum Gasteiger partial charge on any atom is -0.457 e. The van der Waals surface area contributed by atoms with Gasteiger partial charge in [-0.1, -0.05) is 42.5 Å². The van der Waals surface area contributed by atoms with Crippen molar-refractivity contribution in [3.8, 4) is 11.5 Å². The van der Waals surface area contributed by atoms with Crippen LogP contribution in [0.3, 0.4) is 0 Å². The Morgan fingerprint density at radius 2 is 1.48 bits per heavy atom. The molecule has 3 aromatic carbocycles. The summed E-state index contributed by atoms with van der Waals surface area (Å²) in [5.41, 5.74) is 1.78. The van der Waals surface area contributed by atoms with Gasteiger partial charge in [0, 0.05) is 45.8 Å². The first kappa shape index (κ1) is 31.3. The summed E-state index contributed by atoms with van der Waals surface area (Å²) in [7, 11) is 0. The molecule has 0 radical (unpaired) electrons. The van der Waals surface area contributed by atoms with Crippen LogP contribution in [0.5, 0.6) is 11.5 Å². The Balaban J connectivity index is 1.30. The van der Waals surface area contributed by atoms with Crippen molar-refractivity contribution in [1.82, 2.24) is 15.1 Å². The molecule has 9 heteroatoms. The predicted octanol–water partition coefficient (Wildman–Crippen LogP) is 4.09. The molecule has 0 spiro atoms. The molecule has 224 valence electrons. The largest absolute Gasteiger partial charge is 0.457 e. The van der Waals surface area contributed by atoms with Gasteiger partial charge in [0.25, 0.3) is 0 Å². The second-order valence-corrected chi connectivity index (χ2v) is 10.3. The summed E-state index contributed by atoms with van der Waals surface area (Å²) in [6, 6.07) is 21.9. The number of nitrogens with one attached hydrogen (secondary N) is 1. The number of carbonyl (C=O) groups is 2. The third kappa shape index (κ3) is 10.6. The van der Waals surface area contributed by atoms with Crippen LogP contribution in [0.4, 0.5) is 4.39 Å². The van der Waals surface area contributed by atoms with Gasteiger partial charge in [-0.05, 0) is 54.4 Å². The van der Waals surface area contributed by atoms with E-state index in [0.717, 1.165) is 43.9 Å². The van der Waals surface area contributed by atoms with E-state index in [2.05, 4.69) is 15.1 Å². The maximum atomic E-state index is 13.4. The number of Topliss-reactive ketones (excluding diaryl/α,β-unsaturated/α-hetero) is 1. The molecule has 3 aromatic rings. The number of hydrogen-bond acceptors (Lipinski definition) is 7. The second-order valence-electron chi connectivity index (χ2n) is 10.3. The van der Waals surface area contributed by atoms with E-state index >= 15 is 0 Å². The predicted molar refractivity (Wildman–Crippen MR) is 159 cm³/mol. The Kier molecular flexibility index (Phi) is 12.5. The molecule has 0 saturated carbocycles. The quantitative estimate of drug-likeness (QED) is 0.257. The van der Waals surface area contributed by atoms with Gasteiger partial charge in [-0.25, -0.2) is 4.39 Å². The van der Waals surface area contributed by atoms with Gasteiger partial charge in [0.15, 0.2) is 5.78 Å². The average Bonchev–Trinajstić information content (AvgIpc) is 3.00. The molecule has 42 heavy (non-hydrogen) atoms. The van der Waals surface area contributed by atoms with Crippen LogP contribution in [-0.2, 0) is 32.1 Å². The highest BCUT2D eigenvalue weighted by molar-refractivity contribution is 5.91. The number of hydrogen-bond donors (Lipinski definition) is 1. The molecule has 1 aliphatic rings. The highest BCUT2D eigenvalue weighted by Gasteiger charge is 2.24. The average molecular weight is 578 g/mol. The SMILES string of the molecule is CCOCCN1CCN(CC(=O)N[C@@H](COCc2ccccc2)C(=O)Cc2ccc(Oc3ccc(F)cc3)cc2)CC1. The molecule has 1 atom stereocenters. The zero-order valence-corrected chi connectivity index (χ0v) is 24.2. The topological polar surface area (TPSA) is 80.3 Å². The van der Waals surface area contributed by atoms with Crippen LogP contribution in [-0.4, -0.2) is 86.6 Å². The summed E-state index contributed by atoms with van der Waals surface area (Å²) >= 11 is 0. The van der Waals surface area contributed by atoms with E-state index < -0.39 is 6.04 Å². The minimum absolute atomic E-state index is 0.0798. The van der Waals surface area contributed by atoms with Crippen molar-refractivity contribution in [3.05, 3.63) is 95.8 Å². The minimum atomic E-state index is -0.774. The molecule has 1 N–H and O–H groups in total. The first-order valence-electron chi connectivity index (χ1n) is 14.5. The monoisotopic (exact) mass is 577 g/mol. The summed E-state index contributed by atoms with van der Waals surface area (Å²) in [6.07, 6.45) is 0.134. The molecule has 0 aromatic heterocycles. The van der Waals surface area contributed by atoms with E-state index in [0.29, 0.717) is 31.3 Å². The van der Waals surface area contributed by atoms with E-state index in [-0.39, 0.29) is 37.1 Å².